The number of likely N-dealkylation sites (tertiary alicyclic amines) is 1. The SMILES string of the molecule is O=C(Cc1noc2ccccc12)N1CCC(Oc2cnsn2)C1. The second-order valence-electron chi connectivity index (χ2n) is 5.42. The molecule has 0 spiro atoms. The van der Waals surface area contributed by atoms with Crippen LogP contribution in [0.15, 0.2) is 35.0 Å². The van der Waals surface area contributed by atoms with Gasteiger partial charge < -0.3 is 14.2 Å². The molecular formula is C15H14N4O3S. The monoisotopic (exact) mass is 330 g/mol. The molecule has 0 aliphatic carbocycles. The van der Waals surface area contributed by atoms with Crippen LogP contribution >= 0.6 is 11.7 Å². The number of amides is 1. The average Bonchev–Trinajstić information content (AvgIpc) is 3.29. The van der Waals surface area contributed by atoms with Crippen LogP contribution < -0.4 is 4.74 Å². The molecule has 1 fully saturated rings. The van der Waals surface area contributed by atoms with Gasteiger partial charge in [-0.25, -0.2) is 0 Å². The van der Waals surface area contributed by atoms with Crippen molar-refractivity contribution < 1.29 is 14.1 Å². The minimum atomic E-state index is -0.0306. The molecule has 2 aromatic heterocycles. The molecule has 1 unspecified atom stereocenters. The molecule has 0 radical (unpaired) electrons. The van der Waals surface area contributed by atoms with Crippen LogP contribution in [-0.4, -0.2) is 43.9 Å². The number of fused-ring (bicyclic) bond motifs is 1. The van der Waals surface area contributed by atoms with Crippen molar-refractivity contribution in [1.29, 1.82) is 0 Å². The maximum atomic E-state index is 12.5. The number of aromatic nitrogens is 3. The van der Waals surface area contributed by atoms with E-state index >= 15 is 0 Å². The third-order valence-electron chi connectivity index (χ3n) is 3.90. The highest BCUT2D eigenvalue weighted by molar-refractivity contribution is 6.99. The molecule has 7 nitrogen and oxygen atoms in total. The van der Waals surface area contributed by atoms with Crippen LogP contribution in [-0.2, 0) is 11.2 Å². The molecular weight excluding hydrogens is 316 g/mol. The molecule has 1 atom stereocenters. The smallest absolute Gasteiger partial charge is 0.246 e. The Morgan fingerprint density at radius 1 is 1.43 bits per heavy atom. The number of carbonyl (C=O) groups excluding carboxylic acids is 1. The van der Waals surface area contributed by atoms with Crippen LogP contribution in [0.1, 0.15) is 12.1 Å². The molecule has 1 aromatic carbocycles. The summed E-state index contributed by atoms with van der Waals surface area (Å²) in [5.41, 5.74) is 1.38. The summed E-state index contributed by atoms with van der Waals surface area (Å²) in [6, 6.07) is 7.56. The maximum absolute atomic E-state index is 12.5. The molecule has 1 amide bonds. The van der Waals surface area contributed by atoms with E-state index in [4.69, 9.17) is 9.26 Å². The minimum absolute atomic E-state index is 0.0306. The Bertz CT molecular complexity index is 817. The van der Waals surface area contributed by atoms with Crippen LogP contribution in [0.3, 0.4) is 0 Å². The second-order valence-corrected chi connectivity index (χ2v) is 5.97. The van der Waals surface area contributed by atoms with Gasteiger partial charge in [-0.05, 0) is 12.1 Å². The van der Waals surface area contributed by atoms with Gasteiger partial charge in [0.05, 0.1) is 24.7 Å². The minimum Gasteiger partial charge on any atom is -0.471 e. The van der Waals surface area contributed by atoms with Gasteiger partial charge in [0.2, 0.25) is 11.8 Å². The fourth-order valence-corrected chi connectivity index (χ4v) is 3.11. The molecule has 3 aromatic rings. The molecule has 0 N–H and O–H groups in total. The van der Waals surface area contributed by atoms with Crippen LogP contribution in [0.4, 0.5) is 0 Å². The van der Waals surface area contributed by atoms with Gasteiger partial charge in [-0.2, -0.15) is 4.37 Å². The molecule has 1 saturated heterocycles. The average molecular weight is 330 g/mol. The van der Waals surface area contributed by atoms with E-state index in [-0.39, 0.29) is 18.4 Å². The van der Waals surface area contributed by atoms with Gasteiger partial charge in [0, 0.05) is 18.4 Å². The number of ether oxygens (including phenoxy) is 1. The van der Waals surface area contributed by atoms with E-state index in [1.54, 1.807) is 11.1 Å². The lowest BCUT2D eigenvalue weighted by atomic mass is 10.1. The Kier molecular flexibility index (Phi) is 3.66. The normalized spacial score (nSPS) is 17.7. The number of benzene rings is 1. The maximum Gasteiger partial charge on any atom is 0.246 e. The molecule has 1 aliphatic rings. The number of hydrogen-bond donors (Lipinski definition) is 0. The molecule has 118 valence electrons. The van der Waals surface area contributed by atoms with Crippen LogP contribution in [0.2, 0.25) is 0 Å². The van der Waals surface area contributed by atoms with Gasteiger partial charge in [0.15, 0.2) is 5.58 Å². The second kappa shape index (κ2) is 5.96. The van der Waals surface area contributed by atoms with Crippen molar-refractivity contribution in [1.82, 2.24) is 18.8 Å². The Labute approximate surface area is 136 Å². The van der Waals surface area contributed by atoms with Gasteiger partial charge in [-0.3, -0.25) is 4.79 Å². The van der Waals surface area contributed by atoms with Crippen molar-refractivity contribution in [3.05, 3.63) is 36.2 Å². The third kappa shape index (κ3) is 2.89. The van der Waals surface area contributed by atoms with E-state index in [0.29, 0.717) is 30.2 Å². The Morgan fingerprint density at radius 3 is 3.22 bits per heavy atom. The topological polar surface area (TPSA) is 81.4 Å². The first-order valence-electron chi connectivity index (χ1n) is 7.35. The molecule has 3 heterocycles. The summed E-state index contributed by atoms with van der Waals surface area (Å²) in [6.45, 7) is 1.24. The Balaban J connectivity index is 1.40. The zero-order valence-corrected chi connectivity index (χ0v) is 13.0. The molecule has 0 saturated carbocycles. The van der Waals surface area contributed by atoms with Crippen molar-refractivity contribution in [2.24, 2.45) is 0 Å². The lowest BCUT2D eigenvalue weighted by molar-refractivity contribution is -0.129. The Hall–Kier alpha value is -2.48. The van der Waals surface area contributed by atoms with Gasteiger partial charge in [-0.15, -0.1) is 4.37 Å². The zero-order chi connectivity index (χ0) is 15.6. The predicted molar refractivity (Wildman–Crippen MR) is 83.2 cm³/mol. The lowest BCUT2D eigenvalue weighted by Crippen LogP contribution is -2.32. The molecule has 1 aliphatic heterocycles. The molecule has 0 bridgehead atoms. The molecule has 4 rings (SSSR count). The highest BCUT2D eigenvalue weighted by Gasteiger charge is 2.28. The van der Waals surface area contributed by atoms with E-state index in [1.165, 1.54) is 0 Å². The number of para-hydroxylation sites is 1. The summed E-state index contributed by atoms with van der Waals surface area (Å²) in [5.74, 6) is 0.559. The largest absolute Gasteiger partial charge is 0.471 e. The number of carbonyl (C=O) groups is 1. The fraction of sp³-hybridized carbons (Fsp3) is 0.333. The van der Waals surface area contributed by atoms with Crippen LogP contribution in [0.25, 0.3) is 11.0 Å². The van der Waals surface area contributed by atoms with E-state index in [2.05, 4.69) is 13.9 Å². The highest BCUT2D eigenvalue weighted by Crippen LogP contribution is 2.21. The van der Waals surface area contributed by atoms with E-state index in [9.17, 15) is 4.79 Å². The third-order valence-corrected chi connectivity index (χ3v) is 4.36. The summed E-state index contributed by atoms with van der Waals surface area (Å²) >= 11 is 1.11. The van der Waals surface area contributed by atoms with Gasteiger partial charge in [0.25, 0.3) is 0 Å². The van der Waals surface area contributed by atoms with Crippen molar-refractivity contribution >= 4 is 28.6 Å². The van der Waals surface area contributed by atoms with Crippen molar-refractivity contribution in [2.45, 2.75) is 18.9 Å². The van der Waals surface area contributed by atoms with E-state index in [0.717, 1.165) is 23.5 Å². The number of hydrogen-bond acceptors (Lipinski definition) is 7. The van der Waals surface area contributed by atoms with Gasteiger partial charge in [-0.1, -0.05) is 17.3 Å². The van der Waals surface area contributed by atoms with Crippen molar-refractivity contribution in [3.63, 3.8) is 0 Å². The van der Waals surface area contributed by atoms with Gasteiger partial charge in [0.1, 0.15) is 18.0 Å². The fourth-order valence-electron chi connectivity index (χ4n) is 2.75. The first-order chi connectivity index (χ1) is 11.3. The summed E-state index contributed by atoms with van der Waals surface area (Å²) in [7, 11) is 0. The first-order valence-corrected chi connectivity index (χ1v) is 8.08. The highest BCUT2D eigenvalue weighted by atomic mass is 32.1. The predicted octanol–water partition coefficient (Wildman–Crippen LogP) is 1.90. The standard InChI is InChI=1S/C15H14N4O3S/c20-15(7-12-11-3-1-2-4-13(11)22-17-12)19-6-5-10(9-19)21-14-8-16-23-18-14/h1-4,8,10H,5-7,9H2. The van der Waals surface area contributed by atoms with Crippen molar-refractivity contribution in [2.75, 3.05) is 13.1 Å². The van der Waals surface area contributed by atoms with Crippen molar-refractivity contribution in [3.8, 4) is 5.88 Å². The van der Waals surface area contributed by atoms with Crippen LogP contribution in [0.5, 0.6) is 5.88 Å². The van der Waals surface area contributed by atoms with E-state index in [1.807, 2.05) is 24.3 Å². The Morgan fingerprint density at radius 2 is 2.35 bits per heavy atom. The van der Waals surface area contributed by atoms with E-state index < -0.39 is 0 Å². The summed E-state index contributed by atoms with van der Waals surface area (Å²) in [5, 5.41) is 4.91. The van der Waals surface area contributed by atoms with Gasteiger partial charge >= 0.3 is 0 Å². The number of nitrogens with zero attached hydrogens (tertiary/aromatic N) is 4. The summed E-state index contributed by atoms with van der Waals surface area (Å²) < 4.78 is 18.9. The quantitative estimate of drug-likeness (QED) is 0.727. The molecule has 23 heavy (non-hydrogen) atoms. The summed E-state index contributed by atoms with van der Waals surface area (Å²) in [6.07, 6.45) is 2.60. The molecule has 8 heteroatoms. The summed E-state index contributed by atoms with van der Waals surface area (Å²) in [4.78, 5) is 14.3. The first kappa shape index (κ1) is 14.1. The zero-order valence-electron chi connectivity index (χ0n) is 12.2. The lowest BCUT2D eigenvalue weighted by Gasteiger charge is -2.15. The van der Waals surface area contributed by atoms with Crippen LogP contribution in [0, 0.1) is 0 Å². The number of rotatable bonds is 4.